The number of benzene rings is 1. The molecule has 4 rings (SSSR count). The van der Waals surface area contributed by atoms with Gasteiger partial charge in [-0.15, -0.1) is 13.2 Å². The van der Waals surface area contributed by atoms with Crippen LogP contribution in [0.5, 0.6) is 5.75 Å². The van der Waals surface area contributed by atoms with E-state index in [4.69, 9.17) is 9.47 Å². The highest BCUT2D eigenvalue weighted by atomic mass is 16.5. The predicted octanol–water partition coefficient (Wildman–Crippen LogP) is 2.25. The number of carbonyl (C=O) groups excluding carboxylic acids is 3. The molecule has 3 unspecified atom stereocenters. The van der Waals surface area contributed by atoms with E-state index in [0.29, 0.717) is 30.8 Å². The lowest BCUT2D eigenvalue weighted by atomic mass is 9.62. The molecule has 3 heterocycles. The number of carbonyl (C=O) groups is 3. The fraction of sp³-hybridized carbons (Fsp3) is 0.552. The number of likely N-dealkylation sites (N-methyl/N-ethyl adjacent to an activating group) is 1. The van der Waals surface area contributed by atoms with Crippen molar-refractivity contribution < 1.29 is 29.0 Å². The lowest BCUT2D eigenvalue weighted by molar-refractivity contribution is -0.150. The summed E-state index contributed by atoms with van der Waals surface area (Å²) >= 11 is 0. The Balaban J connectivity index is 1.81. The molecular formula is C29H39N3O6. The lowest BCUT2D eigenvalue weighted by Gasteiger charge is -2.38. The third-order valence-electron chi connectivity index (χ3n) is 8.61. The molecule has 1 N–H and O–H groups in total. The van der Waals surface area contributed by atoms with Crippen LogP contribution in [0.4, 0.5) is 5.69 Å². The Bertz CT molecular complexity index is 1110. The summed E-state index contributed by atoms with van der Waals surface area (Å²) in [6.07, 6.45) is 4.07. The molecule has 3 amide bonds. The van der Waals surface area contributed by atoms with Gasteiger partial charge in [-0.05, 0) is 49.9 Å². The Morgan fingerprint density at radius 1 is 1.21 bits per heavy atom. The van der Waals surface area contributed by atoms with Gasteiger partial charge in [0.1, 0.15) is 17.4 Å². The molecule has 3 aliphatic rings. The van der Waals surface area contributed by atoms with Crippen LogP contribution in [0, 0.1) is 17.8 Å². The van der Waals surface area contributed by atoms with Crippen molar-refractivity contribution in [3.05, 3.63) is 49.6 Å². The summed E-state index contributed by atoms with van der Waals surface area (Å²) in [5, 5.41) is 9.59. The lowest BCUT2D eigenvalue weighted by Crippen LogP contribution is -2.57. The van der Waals surface area contributed by atoms with E-state index in [1.54, 1.807) is 60.4 Å². The Kier molecular flexibility index (Phi) is 7.72. The van der Waals surface area contributed by atoms with E-state index in [-0.39, 0.29) is 43.3 Å². The summed E-state index contributed by atoms with van der Waals surface area (Å²) in [4.78, 5) is 47.0. The van der Waals surface area contributed by atoms with Crippen LogP contribution in [0.25, 0.3) is 0 Å². The molecule has 1 spiro atoms. The Morgan fingerprint density at radius 3 is 2.45 bits per heavy atom. The van der Waals surface area contributed by atoms with Gasteiger partial charge in [0.05, 0.1) is 24.5 Å². The highest BCUT2D eigenvalue weighted by Gasteiger charge is 2.80. The molecule has 1 aromatic carbocycles. The molecule has 1 aromatic rings. The number of amides is 3. The highest BCUT2D eigenvalue weighted by molar-refractivity contribution is 6.05. The van der Waals surface area contributed by atoms with Crippen molar-refractivity contribution in [3.63, 3.8) is 0 Å². The Morgan fingerprint density at radius 2 is 1.87 bits per heavy atom. The monoisotopic (exact) mass is 525 g/mol. The van der Waals surface area contributed by atoms with Crippen molar-refractivity contribution >= 4 is 23.4 Å². The first kappa shape index (κ1) is 27.9. The van der Waals surface area contributed by atoms with Gasteiger partial charge in [-0.3, -0.25) is 14.4 Å². The number of likely N-dealkylation sites (tertiary alicyclic amines) is 1. The smallest absolute Gasteiger partial charge is 0.253 e. The van der Waals surface area contributed by atoms with Gasteiger partial charge in [-0.1, -0.05) is 19.1 Å². The summed E-state index contributed by atoms with van der Waals surface area (Å²) in [5.74, 6) is -1.68. The predicted molar refractivity (Wildman–Crippen MR) is 144 cm³/mol. The minimum absolute atomic E-state index is 0.0560. The van der Waals surface area contributed by atoms with Gasteiger partial charge in [-0.2, -0.15) is 0 Å². The maximum absolute atomic E-state index is 14.5. The SMILES string of the molecule is C=CCN(C)C(=O)[C@H]1[C@H]2C(=O)N(CCCO)C(C(=O)N(CC=C)c3ccc(OC)cc3)C23CC(C)[C@]1(C)O3. The largest absolute Gasteiger partial charge is 0.497 e. The molecule has 9 heteroatoms. The van der Waals surface area contributed by atoms with Crippen LogP contribution in [-0.2, 0) is 19.1 Å². The summed E-state index contributed by atoms with van der Waals surface area (Å²) in [6, 6.07) is 6.18. The van der Waals surface area contributed by atoms with E-state index >= 15 is 0 Å². The van der Waals surface area contributed by atoms with Crippen molar-refractivity contribution in [2.45, 2.75) is 43.9 Å². The second kappa shape index (κ2) is 10.5. The molecular weight excluding hydrogens is 486 g/mol. The van der Waals surface area contributed by atoms with Gasteiger partial charge in [0, 0.05) is 39.0 Å². The Hall–Kier alpha value is -3.17. The number of aliphatic hydroxyl groups is 1. The molecule has 38 heavy (non-hydrogen) atoms. The molecule has 0 aromatic heterocycles. The van der Waals surface area contributed by atoms with E-state index in [0.717, 1.165) is 0 Å². The van der Waals surface area contributed by atoms with Gasteiger partial charge in [0.15, 0.2) is 0 Å². The standard InChI is InChI=1S/C29H39N3O6/c1-7-14-30(5)25(34)22-23-26(35)32(16-9-17-33)24(29(23)18-19(3)28(22,4)38-29)27(36)31(15-8-2)20-10-12-21(37-6)13-11-20/h7-8,10-13,19,22-24,33H,1-2,9,14-18H2,3-6H3/t19?,22-,23+,24?,28+,29?/m1/s1. The number of hydrogen-bond acceptors (Lipinski definition) is 6. The third-order valence-corrected chi connectivity index (χ3v) is 8.61. The normalized spacial score (nSPS) is 31.2. The molecule has 3 aliphatic heterocycles. The molecule has 0 aliphatic carbocycles. The van der Waals surface area contributed by atoms with Crippen molar-refractivity contribution in [1.82, 2.24) is 9.80 Å². The average molecular weight is 526 g/mol. The third kappa shape index (κ3) is 4.12. The first-order chi connectivity index (χ1) is 18.1. The number of nitrogens with zero attached hydrogens (tertiary/aromatic N) is 3. The van der Waals surface area contributed by atoms with Gasteiger partial charge in [-0.25, -0.2) is 0 Å². The molecule has 6 atom stereocenters. The quantitative estimate of drug-likeness (QED) is 0.445. The van der Waals surface area contributed by atoms with E-state index in [1.807, 2.05) is 13.8 Å². The first-order valence-electron chi connectivity index (χ1n) is 13.1. The van der Waals surface area contributed by atoms with Crippen LogP contribution in [0.1, 0.15) is 26.7 Å². The van der Waals surface area contributed by atoms with Crippen LogP contribution in [-0.4, -0.2) is 90.3 Å². The number of fused-ring (bicyclic) bond motifs is 1. The second-order valence-electron chi connectivity index (χ2n) is 10.8. The van der Waals surface area contributed by atoms with E-state index in [9.17, 15) is 19.5 Å². The van der Waals surface area contributed by atoms with Crippen molar-refractivity contribution in [2.75, 3.05) is 45.3 Å². The van der Waals surface area contributed by atoms with Gasteiger partial charge in [0.2, 0.25) is 11.8 Å². The van der Waals surface area contributed by atoms with E-state index in [1.165, 1.54) is 4.90 Å². The van der Waals surface area contributed by atoms with Crippen LogP contribution in [0.2, 0.25) is 0 Å². The molecule has 0 saturated carbocycles. The Labute approximate surface area is 224 Å². The number of methoxy groups -OCH3 is 1. The zero-order valence-corrected chi connectivity index (χ0v) is 22.8. The molecule has 3 saturated heterocycles. The zero-order chi connectivity index (χ0) is 27.8. The van der Waals surface area contributed by atoms with Crippen LogP contribution in [0.15, 0.2) is 49.6 Å². The van der Waals surface area contributed by atoms with Crippen molar-refractivity contribution in [1.29, 1.82) is 0 Å². The summed E-state index contributed by atoms with van der Waals surface area (Å²) in [5.41, 5.74) is -1.41. The van der Waals surface area contributed by atoms with Crippen molar-refractivity contribution in [2.24, 2.45) is 17.8 Å². The fourth-order valence-electron chi connectivity index (χ4n) is 6.76. The minimum Gasteiger partial charge on any atom is -0.497 e. The van der Waals surface area contributed by atoms with E-state index in [2.05, 4.69) is 13.2 Å². The molecule has 2 bridgehead atoms. The maximum atomic E-state index is 14.5. The number of hydrogen-bond donors (Lipinski definition) is 1. The molecule has 206 valence electrons. The summed E-state index contributed by atoms with van der Waals surface area (Å²) in [6.45, 7) is 12.1. The zero-order valence-electron chi connectivity index (χ0n) is 22.8. The molecule has 0 radical (unpaired) electrons. The minimum atomic E-state index is -1.15. The fourth-order valence-corrected chi connectivity index (χ4v) is 6.76. The summed E-state index contributed by atoms with van der Waals surface area (Å²) < 4.78 is 12.0. The molecule has 3 fully saturated rings. The topological polar surface area (TPSA) is 99.6 Å². The first-order valence-corrected chi connectivity index (χ1v) is 13.1. The number of aliphatic hydroxyl groups excluding tert-OH is 1. The number of rotatable bonds is 11. The highest BCUT2D eigenvalue weighted by Crippen LogP contribution is 2.65. The second-order valence-corrected chi connectivity index (χ2v) is 10.8. The van der Waals surface area contributed by atoms with Crippen LogP contribution in [0.3, 0.4) is 0 Å². The van der Waals surface area contributed by atoms with Gasteiger partial charge >= 0.3 is 0 Å². The number of ether oxygens (including phenoxy) is 2. The number of anilines is 1. The van der Waals surface area contributed by atoms with E-state index < -0.39 is 29.1 Å². The van der Waals surface area contributed by atoms with Crippen molar-refractivity contribution in [3.8, 4) is 5.75 Å². The van der Waals surface area contributed by atoms with Crippen LogP contribution >= 0.6 is 0 Å². The maximum Gasteiger partial charge on any atom is 0.253 e. The molecule has 9 nitrogen and oxygen atoms in total. The average Bonchev–Trinajstić information content (AvgIpc) is 3.41. The van der Waals surface area contributed by atoms with Gasteiger partial charge < -0.3 is 29.3 Å². The van der Waals surface area contributed by atoms with Crippen LogP contribution < -0.4 is 9.64 Å². The van der Waals surface area contributed by atoms with Gasteiger partial charge in [0.25, 0.3) is 5.91 Å². The summed E-state index contributed by atoms with van der Waals surface area (Å²) in [7, 11) is 3.27.